The molecule has 0 saturated carbocycles. The van der Waals surface area contributed by atoms with Gasteiger partial charge in [0.1, 0.15) is 0 Å². The molecule has 0 saturated heterocycles. The molecular weight excluding hydrogens is 388 g/mol. The first kappa shape index (κ1) is 20.6. The van der Waals surface area contributed by atoms with E-state index in [1.165, 1.54) is 0 Å². The van der Waals surface area contributed by atoms with E-state index in [-0.39, 0.29) is 17.7 Å². The zero-order chi connectivity index (χ0) is 21.1. The van der Waals surface area contributed by atoms with E-state index in [0.717, 1.165) is 11.4 Å². The van der Waals surface area contributed by atoms with Crippen LogP contribution in [0.25, 0.3) is 5.69 Å². The Kier molecular flexibility index (Phi) is 6.03. The SMILES string of the molecule is CNC(=O)c1cccc(NC(=O)c2cnn(-c3cccc(Cl)c3)c2C(C)C)c1C. The van der Waals surface area contributed by atoms with Crippen LogP contribution in [0.2, 0.25) is 5.02 Å². The predicted octanol–water partition coefficient (Wildman–Crippen LogP) is 4.57. The number of rotatable bonds is 5. The van der Waals surface area contributed by atoms with Crippen molar-refractivity contribution in [1.82, 2.24) is 15.1 Å². The lowest BCUT2D eigenvalue weighted by molar-refractivity contribution is 0.0960. The van der Waals surface area contributed by atoms with Crippen LogP contribution in [0.5, 0.6) is 0 Å². The van der Waals surface area contributed by atoms with E-state index < -0.39 is 0 Å². The van der Waals surface area contributed by atoms with E-state index in [4.69, 9.17) is 11.6 Å². The molecule has 2 amide bonds. The molecule has 29 heavy (non-hydrogen) atoms. The molecule has 2 aromatic carbocycles. The highest BCUT2D eigenvalue weighted by Crippen LogP contribution is 2.26. The molecule has 1 aromatic heterocycles. The van der Waals surface area contributed by atoms with Crippen LogP contribution in [0.3, 0.4) is 0 Å². The third-order valence-corrected chi connectivity index (χ3v) is 4.94. The van der Waals surface area contributed by atoms with E-state index in [0.29, 0.717) is 27.4 Å². The number of nitrogens with one attached hydrogen (secondary N) is 2. The van der Waals surface area contributed by atoms with Gasteiger partial charge in [-0.2, -0.15) is 5.10 Å². The van der Waals surface area contributed by atoms with Crippen LogP contribution in [0.15, 0.2) is 48.7 Å². The van der Waals surface area contributed by atoms with E-state index in [2.05, 4.69) is 15.7 Å². The van der Waals surface area contributed by atoms with Gasteiger partial charge in [0.05, 0.1) is 23.1 Å². The third-order valence-electron chi connectivity index (χ3n) is 4.70. The topological polar surface area (TPSA) is 76.0 Å². The quantitative estimate of drug-likeness (QED) is 0.646. The van der Waals surface area contributed by atoms with Crippen LogP contribution in [-0.2, 0) is 0 Å². The fourth-order valence-corrected chi connectivity index (χ4v) is 3.43. The summed E-state index contributed by atoms with van der Waals surface area (Å²) in [5.41, 5.74) is 3.85. The monoisotopic (exact) mass is 410 g/mol. The van der Waals surface area contributed by atoms with Crippen molar-refractivity contribution in [2.24, 2.45) is 0 Å². The van der Waals surface area contributed by atoms with Crippen molar-refractivity contribution in [3.63, 3.8) is 0 Å². The van der Waals surface area contributed by atoms with Crippen LogP contribution in [0, 0.1) is 6.92 Å². The molecular formula is C22H23ClN4O2. The van der Waals surface area contributed by atoms with Crippen LogP contribution >= 0.6 is 11.6 Å². The molecule has 3 rings (SSSR count). The molecule has 0 aliphatic carbocycles. The maximum Gasteiger partial charge on any atom is 0.259 e. The summed E-state index contributed by atoms with van der Waals surface area (Å²) in [5, 5.41) is 10.6. The number of carbonyl (C=O) groups excluding carboxylic acids is 2. The Morgan fingerprint density at radius 1 is 1.07 bits per heavy atom. The Morgan fingerprint density at radius 2 is 1.79 bits per heavy atom. The van der Waals surface area contributed by atoms with E-state index >= 15 is 0 Å². The molecule has 0 aliphatic rings. The van der Waals surface area contributed by atoms with Crippen molar-refractivity contribution in [2.75, 3.05) is 12.4 Å². The standard InChI is InChI=1S/C22H23ClN4O2/c1-13(2)20-18(12-25-27(20)16-8-5-7-15(23)11-16)22(29)26-19-10-6-9-17(14(19)3)21(28)24-4/h5-13H,1-4H3,(H,24,28)(H,26,29). The number of carbonyl (C=O) groups is 2. The normalized spacial score (nSPS) is 10.8. The second kappa shape index (κ2) is 8.49. The maximum atomic E-state index is 13.1. The Morgan fingerprint density at radius 3 is 2.45 bits per heavy atom. The van der Waals surface area contributed by atoms with Gasteiger partial charge < -0.3 is 10.6 Å². The van der Waals surface area contributed by atoms with Crippen molar-refractivity contribution < 1.29 is 9.59 Å². The molecule has 7 heteroatoms. The first-order valence-electron chi connectivity index (χ1n) is 9.30. The summed E-state index contributed by atoms with van der Waals surface area (Å²) in [4.78, 5) is 25.1. The molecule has 0 unspecified atom stereocenters. The van der Waals surface area contributed by atoms with Crippen molar-refractivity contribution in [1.29, 1.82) is 0 Å². The summed E-state index contributed by atoms with van der Waals surface area (Å²) < 4.78 is 1.74. The fourth-order valence-electron chi connectivity index (χ4n) is 3.24. The van der Waals surface area contributed by atoms with Gasteiger partial charge >= 0.3 is 0 Å². The van der Waals surface area contributed by atoms with E-state index in [9.17, 15) is 9.59 Å². The van der Waals surface area contributed by atoms with Gasteiger partial charge in [-0.05, 0) is 48.7 Å². The van der Waals surface area contributed by atoms with Crippen molar-refractivity contribution in [3.8, 4) is 5.69 Å². The van der Waals surface area contributed by atoms with Gasteiger partial charge in [-0.3, -0.25) is 9.59 Å². The van der Waals surface area contributed by atoms with Crippen molar-refractivity contribution in [2.45, 2.75) is 26.7 Å². The van der Waals surface area contributed by atoms with Crippen LogP contribution in [0.1, 0.15) is 51.7 Å². The minimum Gasteiger partial charge on any atom is -0.355 e. The molecule has 0 fully saturated rings. The summed E-state index contributed by atoms with van der Waals surface area (Å²) in [6.45, 7) is 5.82. The molecule has 3 aromatic rings. The van der Waals surface area contributed by atoms with Crippen LogP contribution in [0.4, 0.5) is 5.69 Å². The van der Waals surface area contributed by atoms with Crippen molar-refractivity contribution >= 4 is 29.1 Å². The Bertz CT molecular complexity index is 1070. The molecule has 0 spiro atoms. The molecule has 0 radical (unpaired) electrons. The van der Waals surface area contributed by atoms with Crippen LogP contribution < -0.4 is 10.6 Å². The van der Waals surface area contributed by atoms with Gasteiger partial charge in [0.15, 0.2) is 0 Å². The average Bonchev–Trinajstić information content (AvgIpc) is 3.14. The third kappa shape index (κ3) is 4.17. The lowest BCUT2D eigenvalue weighted by atomic mass is 10.0. The van der Waals surface area contributed by atoms with Gasteiger partial charge in [-0.15, -0.1) is 0 Å². The Labute approximate surface area is 174 Å². The highest BCUT2D eigenvalue weighted by Gasteiger charge is 2.22. The zero-order valence-electron chi connectivity index (χ0n) is 16.8. The molecule has 0 atom stereocenters. The van der Waals surface area contributed by atoms with Gasteiger partial charge in [0, 0.05) is 23.3 Å². The summed E-state index contributed by atoms with van der Waals surface area (Å²) in [5.74, 6) is -0.426. The van der Waals surface area contributed by atoms with E-state index in [1.807, 2.05) is 26.0 Å². The summed E-state index contributed by atoms with van der Waals surface area (Å²) in [6.07, 6.45) is 1.56. The number of hydrogen-bond donors (Lipinski definition) is 2. The van der Waals surface area contributed by atoms with E-state index in [1.54, 1.807) is 55.2 Å². The van der Waals surface area contributed by atoms with Gasteiger partial charge in [-0.1, -0.05) is 37.6 Å². The number of anilines is 1. The highest BCUT2D eigenvalue weighted by atomic mass is 35.5. The van der Waals surface area contributed by atoms with Gasteiger partial charge in [0.2, 0.25) is 0 Å². The summed E-state index contributed by atoms with van der Waals surface area (Å²) in [7, 11) is 1.58. The first-order chi connectivity index (χ1) is 13.8. The number of nitrogens with zero attached hydrogens (tertiary/aromatic N) is 2. The van der Waals surface area contributed by atoms with Gasteiger partial charge in [-0.25, -0.2) is 4.68 Å². The number of halogens is 1. The molecule has 150 valence electrons. The minimum atomic E-state index is -0.279. The second-order valence-electron chi connectivity index (χ2n) is 7.00. The molecule has 0 aliphatic heterocycles. The lowest BCUT2D eigenvalue weighted by Gasteiger charge is -2.14. The smallest absolute Gasteiger partial charge is 0.259 e. The summed E-state index contributed by atoms with van der Waals surface area (Å²) in [6, 6.07) is 12.6. The minimum absolute atomic E-state index is 0.0514. The maximum absolute atomic E-state index is 13.1. The number of benzene rings is 2. The molecule has 1 heterocycles. The molecule has 0 bridgehead atoms. The average molecular weight is 411 g/mol. The summed E-state index contributed by atoms with van der Waals surface area (Å²) >= 11 is 6.12. The number of aromatic nitrogens is 2. The highest BCUT2D eigenvalue weighted by molar-refractivity contribution is 6.30. The number of amides is 2. The lowest BCUT2D eigenvalue weighted by Crippen LogP contribution is -2.20. The molecule has 2 N–H and O–H groups in total. The largest absolute Gasteiger partial charge is 0.355 e. The molecule has 6 nitrogen and oxygen atoms in total. The van der Waals surface area contributed by atoms with Crippen molar-refractivity contribution in [3.05, 3.63) is 76.1 Å². The van der Waals surface area contributed by atoms with Crippen LogP contribution in [-0.4, -0.2) is 28.6 Å². The Balaban J connectivity index is 1.98. The zero-order valence-corrected chi connectivity index (χ0v) is 17.5. The first-order valence-corrected chi connectivity index (χ1v) is 9.68. The predicted molar refractivity (Wildman–Crippen MR) is 115 cm³/mol. The fraction of sp³-hybridized carbons (Fsp3) is 0.227. The van der Waals surface area contributed by atoms with Gasteiger partial charge in [0.25, 0.3) is 11.8 Å². The second-order valence-corrected chi connectivity index (χ2v) is 7.44. The Hall–Kier alpha value is -3.12. The number of hydrogen-bond acceptors (Lipinski definition) is 3.